The molecule has 0 unspecified atom stereocenters. The van der Waals surface area contributed by atoms with E-state index in [4.69, 9.17) is 4.84 Å². The van der Waals surface area contributed by atoms with Crippen LogP contribution in [0, 0.1) is 0 Å². The number of hydrogen-bond donors (Lipinski definition) is 1. The van der Waals surface area contributed by atoms with Gasteiger partial charge in [0.15, 0.2) is 5.69 Å². The summed E-state index contributed by atoms with van der Waals surface area (Å²) < 4.78 is 1.74. The highest BCUT2D eigenvalue weighted by atomic mass is 16.7. The van der Waals surface area contributed by atoms with Crippen molar-refractivity contribution in [2.75, 3.05) is 26.2 Å². The third-order valence-electron chi connectivity index (χ3n) is 3.09. The van der Waals surface area contributed by atoms with Gasteiger partial charge in [0.05, 0.1) is 18.8 Å². The van der Waals surface area contributed by atoms with E-state index in [0.717, 1.165) is 25.9 Å². The first kappa shape index (κ1) is 10.7. The average molecular weight is 237 g/mol. The maximum absolute atomic E-state index is 12.0. The second kappa shape index (κ2) is 4.42. The van der Waals surface area contributed by atoms with E-state index < -0.39 is 0 Å². The lowest BCUT2D eigenvalue weighted by atomic mass is 10.2. The number of aromatic nitrogens is 3. The molecule has 3 rings (SSSR count). The zero-order valence-corrected chi connectivity index (χ0v) is 9.50. The van der Waals surface area contributed by atoms with Crippen molar-refractivity contribution in [1.82, 2.24) is 25.4 Å². The van der Waals surface area contributed by atoms with Crippen molar-refractivity contribution in [1.29, 1.82) is 0 Å². The molecule has 3 heterocycles. The van der Waals surface area contributed by atoms with Gasteiger partial charge in [-0.25, -0.2) is 9.75 Å². The molecule has 2 fully saturated rings. The number of carbonyl (C=O) groups excluding carboxylic acids is 1. The molecule has 0 aromatic carbocycles. The molecule has 0 radical (unpaired) electrons. The van der Waals surface area contributed by atoms with Crippen molar-refractivity contribution >= 4 is 5.91 Å². The second-order valence-corrected chi connectivity index (χ2v) is 4.34. The van der Waals surface area contributed by atoms with E-state index in [9.17, 15) is 4.79 Å². The monoisotopic (exact) mass is 237 g/mol. The topological polar surface area (TPSA) is 72.3 Å². The molecule has 1 aromatic heterocycles. The fourth-order valence-corrected chi connectivity index (χ4v) is 1.90. The standard InChI is InChI=1S/C10H15N5O2/c16-10(15-3-1-2-4-17-15)9-7-14(13-12-9)8-5-11-6-8/h7-8,11H,1-6H2. The lowest BCUT2D eigenvalue weighted by Crippen LogP contribution is -2.43. The first-order valence-corrected chi connectivity index (χ1v) is 5.92. The molecule has 17 heavy (non-hydrogen) atoms. The van der Waals surface area contributed by atoms with Crippen molar-refractivity contribution in [2.45, 2.75) is 18.9 Å². The number of amides is 1. The van der Waals surface area contributed by atoms with Crippen LogP contribution < -0.4 is 5.32 Å². The van der Waals surface area contributed by atoms with Gasteiger partial charge < -0.3 is 5.32 Å². The largest absolute Gasteiger partial charge is 0.312 e. The average Bonchev–Trinajstić information content (AvgIpc) is 2.76. The lowest BCUT2D eigenvalue weighted by molar-refractivity contribution is -0.144. The summed E-state index contributed by atoms with van der Waals surface area (Å²) in [5.74, 6) is -0.191. The van der Waals surface area contributed by atoms with E-state index in [2.05, 4.69) is 15.6 Å². The Hall–Kier alpha value is -1.47. The summed E-state index contributed by atoms with van der Waals surface area (Å²) in [7, 11) is 0. The minimum absolute atomic E-state index is 0.191. The number of hydroxylamine groups is 2. The lowest BCUT2D eigenvalue weighted by Gasteiger charge is -2.26. The first-order chi connectivity index (χ1) is 8.34. The van der Waals surface area contributed by atoms with E-state index in [1.54, 1.807) is 10.9 Å². The number of carbonyl (C=O) groups is 1. The molecule has 0 aliphatic carbocycles. The van der Waals surface area contributed by atoms with E-state index >= 15 is 0 Å². The van der Waals surface area contributed by atoms with Crippen LogP contribution in [0.5, 0.6) is 0 Å². The van der Waals surface area contributed by atoms with E-state index in [0.29, 0.717) is 24.9 Å². The molecule has 0 saturated carbocycles. The van der Waals surface area contributed by atoms with Gasteiger partial charge in [-0.05, 0) is 12.8 Å². The van der Waals surface area contributed by atoms with E-state index in [1.165, 1.54) is 5.06 Å². The molecule has 1 amide bonds. The molecule has 2 aliphatic rings. The summed E-state index contributed by atoms with van der Waals surface area (Å²) in [6, 6.07) is 0.325. The van der Waals surface area contributed by atoms with Crippen LogP contribution in [-0.4, -0.2) is 52.2 Å². The van der Waals surface area contributed by atoms with Gasteiger partial charge in [0.25, 0.3) is 5.91 Å². The molecular weight excluding hydrogens is 222 g/mol. The Morgan fingerprint density at radius 2 is 2.35 bits per heavy atom. The molecule has 7 nitrogen and oxygen atoms in total. The van der Waals surface area contributed by atoms with Crippen LogP contribution in [0.4, 0.5) is 0 Å². The van der Waals surface area contributed by atoms with Crippen molar-refractivity contribution in [3.63, 3.8) is 0 Å². The Morgan fingerprint density at radius 1 is 1.47 bits per heavy atom. The Labute approximate surface area is 98.7 Å². The highest BCUT2D eigenvalue weighted by Gasteiger charge is 2.25. The van der Waals surface area contributed by atoms with Crippen LogP contribution in [0.15, 0.2) is 6.20 Å². The fraction of sp³-hybridized carbons (Fsp3) is 0.700. The van der Waals surface area contributed by atoms with E-state index in [1.807, 2.05) is 0 Å². The Kier molecular flexibility index (Phi) is 2.77. The van der Waals surface area contributed by atoms with Crippen LogP contribution in [0.1, 0.15) is 29.4 Å². The Morgan fingerprint density at radius 3 is 3.00 bits per heavy atom. The van der Waals surface area contributed by atoms with Crippen molar-refractivity contribution < 1.29 is 9.63 Å². The third-order valence-corrected chi connectivity index (χ3v) is 3.09. The predicted octanol–water partition coefficient (Wildman–Crippen LogP) is -0.410. The number of rotatable bonds is 2. The molecule has 0 bridgehead atoms. The van der Waals surface area contributed by atoms with Gasteiger partial charge in [-0.3, -0.25) is 9.63 Å². The zero-order valence-electron chi connectivity index (χ0n) is 9.50. The Balaban J connectivity index is 1.69. The normalized spacial score (nSPS) is 21.3. The van der Waals surface area contributed by atoms with Crippen molar-refractivity contribution in [3.05, 3.63) is 11.9 Å². The summed E-state index contributed by atoms with van der Waals surface area (Å²) in [5.41, 5.74) is 0.360. The molecule has 7 heteroatoms. The van der Waals surface area contributed by atoms with Crippen LogP contribution >= 0.6 is 0 Å². The zero-order chi connectivity index (χ0) is 11.7. The van der Waals surface area contributed by atoms with Crippen LogP contribution in [0.2, 0.25) is 0 Å². The van der Waals surface area contributed by atoms with Gasteiger partial charge in [0, 0.05) is 19.6 Å². The molecular formula is C10H15N5O2. The molecule has 2 saturated heterocycles. The van der Waals surface area contributed by atoms with Gasteiger partial charge in [-0.2, -0.15) is 0 Å². The summed E-state index contributed by atoms with van der Waals surface area (Å²) >= 11 is 0. The molecule has 1 N–H and O–H groups in total. The van der Waals surface area contributed by atoms with Crippen molar-refractivity contribution in [2.24, 2.45) is 0 Å². The molecule has 0 spiro atoms. The Bertz CT molecular complexity index is 409. The molecule has 2 aliphatic heterocycles. The quantitative estimate of drug-likeness (QED) is 0.757. The maximum atomic E-state index is 12.0. The number of nitrogens with one attached hydrogen (secondary N) is 1. The van der Waals surface area contributed by atoms with E-state index in [-0.39, 0.29) is 5.91 Å². The summed E-state index contributed by atoms with van der Waals surface area (Å²) in [5, 5.41) is 12.4. The van der Waals surface area contributed by atoms with Gasteiger partial charge in [-0.1, -0.05) is 5.21 Å². The second-order valence-electron chi connectivity index (χ2n) is 4.34. The highest BCUT2D eigenvalue weighted by molar-refractivity contribution is 5.91. The van der Waals surface area contributed by atoms with Crippen LogP contribution in [0.25, 0.3) is 0 Å². The predicted molar refractivity (Wildman–Crippen MR) is 58.2 cm³/mol. The summed E-state index contributed by atoms with van der Waals surface area (Å²) in [6.07, 6.45) is 3.68. The fourth-order valence-electron chi connectivity index (χ4n) is 1.90. The molecule has 1 aromatic rings. The van der Waals surface area contributed by atoms with Crippen molar-refractivity contribution in [3.8, 4) is 0 Å². The summed E-state index contributed by atoms with van der Waals surface area (Å²) in [4.78, 5) is 17.3. The van der Waals surface area contributed by atoms with Crippen LogP contribution in [-0.2, 0) is 4.84 Å². The molecule has 0 atom stereocenters. The summed E-state index contributed by atoms with van der Waals surface area (Å²) in [6.45, 7) is 3.01. The first-order valence-electron chi connectivity index (χ1n) is 5.92. The smallest absolute Gasteiger partial charge is 0.299 e. The molecule has 92 valence electrons. The highest BCUT2D eigenvalue weighted by Crippen LogP contribution is 2.13. The number of nitrogens with zero attached hydrogens (tertiary/aromatic N) is 4. The third kappa shape index (κ3) is 2.03. The van der Waals surface area contributed by atoms with Gasteiger partial charge >= 0.3 is 0 Å². The minimum atomic E-state index is -0.191. The minimum Gasteiger partial charge on any atom is -0.312 e. The number of hydrogen-bond acceptors (Lipinski definition) is 5. The van der Waals surface area contributed by atoms with Gasteiger partial charge in [0.2, 0.25) is 0 Å². The van der Waals surface area contributed by atoms with Gasteiger partial charge in [-0.15, -0.1) is 5.10 Å². The SMILES string of the molecule is O=C(c1cn(C2CNC2)nn1)N1CCCCO1. The maximum Gasteiger partial charge on any atom is 0.299 e. The van der Waals surface area contributed by atoms with Crippen LogP contribution in [0.3, 0.4) is 0 Å². The van der Waals surface area contributed by atoms with Gasteiger partial charge in [0.1, 0.15) is 0 Å².